The maximum Gasteiger partial charge on any atom is 0.325 e. The third kappa shape index (κ3) is 3.74. The number of piperidine rings is 1. The highest BCUT2D eigenvalue weighted by Gasteiger charge is 2.55. The molecule has 2 heterocycles. The lowest BCUT2D eigenvalue weighted by Crippen LogP contribution is -2.57. The number of benzene rings is 2. The molecule has 0 radical (unpaired) electrons. The quantitative estimate of drug-likeness (QED) is 0.760. The normalized spacial score (nSPS) is 22.8. The summed E-state index contributed by atoms with van der Waals surface area (Å²) in [6.45, 7) is 1.39. The summed E-state index contributed by atoms with van der Waals surface area (Å²) in [7, 11) is 0. The average Bonchev–Trinajstić information content (AvgIpc) is 2.97. The van der Waals surface area contributed by atoms with Gasteiger partial charge in [0.15, 0.2) is 0 Å². The predicted octanol–water partition coefficient (Wildman–Crippen LogP) is 3.00. The molecule has 1 atom stereocenters. The molecule has 5 nitrogen and oxygen atoms in total. The Morgan fingerprint density at radius 1 is 1.00 bits per heavy atom. The highest BCUT2D eigenvalue weighted by molar-refractivity contribution is 6.07. The predicted molar refractivity (Wildman–Crippen MR) is 104 cm³/mol. The maximum atomic E-state index is 14.1. The van der Waals surface area contributed by atoms with Crippen molar-refractivity contribution in [1.82, 2.24) is 15.5 Å². The molecule has 2 saturated heterocycles. The molecule has 0 bridgehead atoms. The average molecular weight is 399 g/mol. The number of halogens is 2. The van der Waals surface area contributed by atoms with Gasteiger partial charge in [-0.1, -0.05) is 30.3 Å². The molecule has 2 fully saturated rings. The molecule has 0 aromatic heterocycles. The SMILES string of the molecule is O=C1N[C@@](Cc2ccc(F)cc2)(C2CCNCC2)C(=O)N1Cc1ccccc1F. The summed E-state index contributed by atoms with van der Waals surface area (Å²) < 4.78 is 27.5. The summed E-state index contributed by atoms with van der Waals surface area (Å²) in [5, 5.41) is 6.21. The Morgan fingerprint density at radius 3 is 2.38 bits per heavy atom. The summed E-state index contributed by atoms with van der Waals surface area (Å²) in [5.41, 5.74) is -0.0485. The van der Waals surface area contributed by atoms with E-state index in [4.69, 9.17) is 0 Å². The molecule has 0 saturated carbocycles. The van der Waals surface area contributed by atoms with Crippen molar-refractivity contribution in [2.45, 2.75) is 31.3 Å². The van der Waals surface area contributed by atoms with Gasteiger partial charge in [-0.3, -0.25) is 9.69 Å². The van der Waals surface area contributed by atoms with Crippen LogP contribution in [-0.2, 0) is 17.8 Å². The number of nitrogens with zero attached hydrogens (tertiary/aromatic N) is 1. The van der Waals surface area contributed by atoms with Crippen LogP contribution in [0.4, 0.5) is 13.6 Å². The van der Waals surface area contributed by atoms with E-state index in [0.29, 0.717) is 5.56 Å². The zero-order valence-corrected chi connectivity index (χ0v) is 16.0. The Labute approximate surface area is 168 Å². The van der Waals surface area contributed by atoms with Gasteiger partial charge < -0.3 is 10.6 Å². The van der Waals surface area contributed by atoms with Crippen LogP contribution in [0.15, 0.2) is 48.5 Å². The van der Waals surface area contributed by atoms with E-state index in [-0.39, 0.29) is 30.6 Å². The number of carbonyl (C=O) groups excluding carboxylic acids is 2. The molecule has 2 aliphatic rings. The van der Waals surface area contributed by atoms with Gasteiger partial charge in [-0.05, 0) is 55.6 Å². The minimum absolute atomic E-state index is 0.0594. The summed E-state index contributed by atoms with van der Waals surface area (Å²) in [4.78, 5) is 27.4. The molecule has 29 heavy (non-hydrogen) atoms. The molecule has 2 aromatic carbocycles. The second kappa shape index (κ2) is 7.91. The monoisotopic (exact) mass is 399 g/mol. The van der Waals surface area contributed by atoms with E-state index in [1.807, 2.05) is 0 Å². The van der Waals surface area contributed by atoms with Crippen molar-refractivity contribution in [3.05, 3.63) is 71.3 Å². The van der Waals surface area contributed by atoms with Crippen molar-refractivity contribution < 1.29 is 18.4 Å². The van der Waals surface area contributed by atoms with Crippen molar-refractivity contribution in [1.29, 1.82) is 0 Å². The maximum absolute atomic E-state index is 14.1. The van der Waals surface area contributed by atoms with Crippen molar-refractivity contribution in [2.24, 2.45) is 5.92 Å². The van der Waals surface area contributed by atoms with Gasteiger partial charge in [-0.2, -0.15) is 0 Å². The van der Waals surface area contributed by atoms with E-state index >= 15 is 0 Å². The van der Waals surface area contributed by atoms with E-state index in [9.17, 15) is 18.4 Å². The number of urea groups is 1. The Hall–Kier alpha value is -2.80. The van der Waals surface area contributed by atoms with Crippen LogP contribution in [0.25, 0.3) is 0 Å². The van der Waals surface area contributed by atoms with Gasteiger partial charge in [0, 0.05) is 12.0 Å². The van der Waals surface area contributed by atoms with E-state index in [1.165, 1.54) is 18.2 Å². The fraction of sp³-hybridized carbons (Fsp3) is 0.364. The van der Waals surface area contributed by atoms with E-state index in [0.717, 1.165) is 36.4 Å². The van der Waals surface area contributed by atoms with Gasteiger partial charge in [-0.25, -0.2) is 13.6 Å². The van der Waals surface area contributed by atoms with Gasteiger partial charge in [0.1, 0.15) is 17.2 Å². The van der Waals surface area contributed by atoms with Gasteiger partial charge in [-0.15, -0.1) is 0 Å². The summed E-state index contributed by atoms with van der Waals surface area (Å²) in [6.07, 6.45) is 1.75. The van der Waals surface area contributed by atoms with Crippen LogP contribution in [0.2, 0.25) is 0 Å². The van der Waals surface area contributed by atoms with Crippen molar-refractivity contribution >= 4 is 11.9 Å². The number of hydrogen-bond donors (Lipinski definition) is 2. The zero-order chi connectivity index (χ0) is 20.4. The van der Waals surface area contributed by atoms with Gasteiger partial charge in [0.2, 0.25) is 0 Å². The summed E-state index contributed by atoms with van der Waals surface area (Å²) in [5.74, 6) is -1.21. The molecule has 4 rings (SSSR count). The van der Waals surface area contributed by atoms with Gasteiger partial charge in [0.25, 0.3) is 5.91 Å². The summed E-state index contributed by atoms with van der Waals surface area (Å²) >= 11 is 0. The Balaban J connectivity index is 1.66. The number of rotatable bonds is 5. The second-order valence-electron chi connectivity index (χ2n) is 7.71. The number of nitrogens with one attached hydrogen (secondary N) is 2. The lowest BCUT2D eigenvalue weighted by Gasteiger charge is -2.38. The van der Waals surface area contributed by atoms with E-state index < -0.39 is 17.4 Å². The van der Waals surface area contributed by atoms with Crippen LogP contribution in [0.5, 0.6) is 0 Å². The van der Waals surface area contributed by atoms with Crippen LogP contribution in [0.1, 0.15) is 24.0 Å². The minimum atomic E-state index is -1.11. The lowest BCUT2D eigenvalue weighted by atomic mass is 9.74. The minimum Gasteiger partial charge on any atom is -0.322 e. The molecule has 7 heteroatoms. The fourth-order valence-electron chi connectivity index (χ4n) is 4.37. The van der Waals surface area contributed by atoms with E-state index in [2.05, 4.69) is 10.6 Å². The Morgan fingerprint density at radius 2 is 1.69 bits per heavy atom. The largest absolute Gasteiger partial charge is 0.325 e. The first kappa shape index (κ1) is 19.5. The summed E-state index contributed by atoms with van der Waals surface area (Å²) in [6, 6.07) is 11.6. The molecular weight excluding hydrogens is 376 g/mol. The molecule has 0 unspecified atom stereocenters. The highest BCUT2D eigenvalue weighted by atomic mass is 19.1. The molecule has 2 N–H and O–H groups in total. The fourth-order valence-corrected chi connectivity index (χ4v) is 4.37. The molecule has 0 spiro atoms. The lowest BCUT2D eigenvalue weighted by molar-refractivity contribution is -0.134. The van der Waals surface area contributed by atoms with Crippen LogP contribution < -0.4 is 10.6 Å². The topological polar surface area (TPSA) is 61.4 Å². The highest BCUT2D eigenvalue weighted by Crippen LogP contribution is 2.36. The number of amides is 3. The molecule has 2 aromatic rings. The Bertz CT molecular complexity index is 913. The number of hydrogen-bond acceptors (Lipinski definition) is 3. The van der Waals surface area contributed by atoms with Crippen LogP contribution >= 0.6 is 0 Å². The standard InChI is InChI=1S/C22H23F2N3O2/c23-18-7-5-15(6-8-18)13-22(17-9-11-25-12-10-17)20(28)27(21(29)26-22)14-16-3-1-2-4-19(16)24/h1-8,17,25H,9-14H2,(H,26,29)/t22-/m0/s1. The first-order chi connectivity index (χ1) is 14.0. The molecule has 0 aliphatic carbocycles. The smallest absolute Gasteiger partial charge is 0.322 e. The molecule has 152 valence electrons. The molecular formula is C22H23F2N3O2. The van der Waals surface area contributed by atoms with Gasteiger partial charge >= 0.3 is 6.03 Å². The van der Waals surface area contributed by atoms with Gasteiger partial charge in [0.05, 0.1) is 6.54 Å². The van der Waals surface area contributed by atoms with E-state index in [1.54, 1.807) is 30.3 Å². The number of carbonyl (C=O) groups is 2. The van der Waals surface area contributed by atoms with Crippen LogP contribution in [-0.4, -0.2) is 35.5 Å². The van der Waals surface area contributed by atoms with Crippen LogP contribution in [0.3, 0.4) is 0 Å². The second-order valence-corrected chi connectivity index (χ2v) is 7.71. The third-order valence-corrected chi connectivity index (χ3v) is 5.92. The van der Waals surface area contributed by atoms with Crippen LogP contribution in [0, 0.1) is 17.6 Å². The van der Waals surface area contributed by atoms with Crippen molar-refractivity contribution in [3.8, 4) is 0 Å². The van der Waals surface area contributed by atoms with Crippen molar-refractivity contribution in [3.63, 3.8) is 0 Å². The van der Waals surface area contributed by atoms with Crippen molar-refractivity contribution in [2.75, 3.05) is 13.1 Å². The molecule has 2 aliphatic heterocycles. The Kier molecular flexibility index (Phi) is 5.32. The first-order valence-corrected chi connectivity index (χ1v) is 9.82. The number of imide groups is 1. The molecule has 3 amide bonds. The third-order valence-electron chi connectivity index (χ3n) is 5.92. The first-order valence-electron chi connectivity index (χ1n) is 9.82. The zero-order valence-electron chi connectivity index (χ0n) is 16.0.